The smallest absolute Gasteiger partial charge is 0.223 e. The van der Waals surface area contributed by atoms with E-state index in [1.165, 1.54) is 5.56 Å². The van der Waals surface area contributed by atoms with Crippen molar-refractivity contribution in [1.29, 1.82) is 0 Å². The Hall–Kier alpha value is -2.92. The zero-order chi connectivity index (χ0) is 21.2. The lowest BCUT2D eigenvalue weighted by atomic mass is 9.78. The first-order valence-electron chi connectivity index (χ1n) is 10.9. The summed E-state index contributed by atoms with van der Waals surface area (Å²) in [7, 11) is 0. The summed E-state index contributed by atoms with van der Waals surface area (Å²) in [5.41, 5.74) is 5.66. The number of halogens is 1. The molecule has 0 radical (unpaired) electrons. The molecule has 0 spiro atoms. The second-order valence-electron chi connectivity index (χ2n) is 8.20. The van der Waals surface area contributed by atoms with E-state index in [4.69, 9.17) is 16.6 Å². The van der Waals surface area contributed by atoms with Gasteiger partial charge in [-0.25, -0.2) is 9.97 Å². The number of anilines is 1. The molecule has 31 heavy (non-hydrogen) atoms. The molecule has 1 aliphatic carbocycles. The maximum Gasteiger partial charge on any atom is 0.223 e. The van der Waals surface area contributed by atoms with Crippen LogP contribution in [0.4, 0.5) is 5.95 Å². The van der Waals surface area contributed by atoms with Gasteiger partial charge in [0.25, 0.3) is 0 Å². The minimum Gasteiger partial charge on any atom is -0.354 e. The summed E-state index contributed by atoms with van der Waals surface area (Å²) in [6, 6.07) is 16.5. The van der Waals surface area contributed by atoms with E-state index in [0.29, 0.717) is 12.4 Å². The van der Waals surface area contributed by atoms with Gasteiger partial charge in [-0.05, 0) is 42.0 Å². The topological polar surface area (TPSA) is 58.1 Å². The lowest BCUT2D eigenvalue weighted by Crippen LogP contribution is -2.27. The number of rotatable bonds is 6. The molecule has 1 atom stereocenters. The summed E-state index contributed by atoms with van der Waals surface area (Å²) < 4.78 is 0. The summed E-state index contributed by atoms with van der Waals surface area (Å²) in [4.78, 5) is 23.1. The summed E-state index contributed by atoms with van der Waals surface area (Å²) in [6.07, 6.45) is 5.32. The van der Waals surface area contributed by atoms with Crippen molar-refractivity contribution >= 4 is 23.5 Å². The number of nitrogens with one attached hydrogen (secondary N) is 1. The highest BCUT2D eigenvalue weighted by molar-refractivity contribution is 6.31. The van der Waals surface area contributed by atoms with Gasteiger partial charge in [-0.15, -0.1) is 0 Å². The number of likely N-dealkylation sites (tertiary alicyclic amines) is 1. The van der Waals surface area contributed by atoms with E-state index in [9.17, 15) is 4.79 Å². The fourth-order valence-electron chi connectivity index (χ4n) is 4.67. The van der Waals surface area contributed by atoms with Crippen LogP contribution in [0, 0.1) is 0 Å². The summed E-state index contributed by atoms with van der Waals surface area (Å²) in [5, 5.41) is 4.13. The lowest BCUT2D eigenvalue weighted by Gasteiger charge is -2.28. The van der Waals surface area contributed by atoms with Crippen LogP contribution in [0.2, 0.25) is 5.02 Å². The van der Waals surface area contributed by atoms with Gasteiger partial charge in [-0.2, -0.15) is 0 Å². The van der Waals surface area contributed by atoms with Gasteiger partial charge in [0.2, 0.25) is 11.9 Å². The number of hydrogen-bond acceptors (Lipinski definition) is 4. The lowest BCUT2D eigenvalue weighted by molar-refractivity contribution is -0.127. The Bertz CT molecular complexity index is 1120. The Morgan fingerprint density at radius 2 is 1.90 bits per heavy atom. The van der Waals surface area contributed by atoms with Gasteiger partial charge >= 0.3 is 0 Å². The molecular weight excluding hydrogens is 408 g/mol. The average Bonchev–Trinajstić information content (AvgIpc) is 3.21. The van der Waals surface area contributed by atoms with E-state index in [1.54, 1.807) is 0 Å². The molecule has 0 bridgehead atoms. The van der Waals surface area contributed by atoms with Crippen molar-refractivity contribution in [3.63, 3.8) is 0 Å². The monoisotopic (exact) mass is 432 g/mol. The molecule has 6 heteroatoms. The number of hydrogen-bond donors (Lipinski definition) is 1. The third-order valence-electron chi connectivity index (χ3n) is 6.22. The van der Waals surface area contributed by atoms with E-state index >= 15 is 0 Å². The average molecular weight is 433 g/mol. The largest absolute Gasteiger partial charge is 0.354 e. The predicted octanol–water partition coefficient (Wildman–Crippen LogP) is 4.91. The van der Waals surface area contributed by atoms with E-state index in [0.717, 1.165) is 66.3 Å². The Morgan fingerprint density at radius 1 is 1.10 bits per heavy atom. The summed E-state index contributed by atoms with van der Waals surface area (Å²) in [5.74, 6) is 1.10. The van der Waals surface area contributed by atoms with Crippen molar-refractivity contribution in [1.82, 2.24) is 14.9 Å². The third kappa shape index (κ3) is 4.02. The molecule has 1 saturated heterocycles. The molecule has 5 nitrogen and oxygen atoms in total. The normalized spacial score (nSPS) is 17.4. The fourth-order valence-corrected chi connectivity index (χ4v) is 4.93. The third-order valence-corrected chi connectivity index (χ3v) is 6.56. The number of amides is 1. The van der Waals surface area contributed by atoms with Gasteiger partial charge in [0.15, 0.2) is 0 Å². The maximum absolute atomic E-state index is 11.7. The van der Waals surface area contributed by atoms with Gasteiger partial charge in [-0.1, -0.05) is 54.1 Å². The Kier molecular flexibility index (Phi) is 5.60. The fraction of sp³-hybridized carbons (Fsp3) is 0.320. The molecule has 2 heterocycles. The van der Waals surface area contributed by atoms with E-state index < -0.39 is 0 Å². The SMILES string of the molecule is O=C1CCCN1CCCNc1ncc2c(n1)-c1ccccc1C(c1ccccc1Cl)C2. The Morgan fingerprint density at radius 3 is 2.71 bits per heavy atom. The molecule has 2 aromatic carbocycles. The van der Waals surface area contributed by atoms with Crippen LogP contribution in [-0.4, -0.2) is 40.4 Å². The van der Waals surface area contributed by atoms with E-state index in [1.807, 2.05) is 29.3 Å². The summed E-state index contributed by atoms with van der Waals surface area (Å²) in [6.45, 7) is 2.42. The molecule has 0 saturated carbocycles. The van der Waals surface area contributed by atoms with Crippen LogP contribution in [0.1, 0.15) is 41.9 Å². The molecule has 2 aliphatic rings. The van der Waals surface area contributed by atoms with E-state index in [-0.39, 0.29) is 11.8 Å². The molecule has 1 N–H and O–H groups in total. The van der Waals surface area contributed by atoms with Gasteiger partial charge in [0.05, 0.1) is 5.69 Å². The number of fused-ring (bicyclic) bond motifs is 3. The molecule has 5 rings (SSSR count). The summed E-state index contributed by atoms with van der Waals surface area (Å²) >= 11 is 6.54. The van der Waals surface area contributed by atoms with Crippen molar-refractivity contribution < 1.29 is 4.79 Å². The molecular formula is C25H25ClN4O. The molecule has 1 amide bonds. The molecule has 1 fully saturated rings. The van der Waals surface area contributed by atoms with Crippen LogP contribution in [0.5, 0.6) is 0 Å². The zero-order valence-electron chi connectivity index (χ0n) is 17.4. The number of carbonyl (C=O) groups is 1. The van der Waals surface area contributed by atoms with Crippen molar-refractivity contribution in [2.24, 2.45) is 0 Å². The highest BCUT2D eigenvalue weighted by Crippen LogP contribution is 2.43. The second-order valence-corrected chi connectivity index (χ2v) is 8.60. The van der Waals surface area contributed by atoms with Crippen molar-refractivity contribution in [3.05, 3.63) is 76.4 Å². The highest BCUT2D eigenvalue weighted by Gasteiger charge is 2.28. The minimum absolute atomic E-state index is 0.192. The number of benzene rings is 2. The molecule has 1 aromatic heterocycles. The quantitative estimate of drug-likeness (QED) is 0.562. The zero-order valence-corrected chi connectivity index (χ0v) is 18.1. The minimum atomic E-state index is 0.192. The van der Waals surface area contributed by atoms with Crippen molar-refractivity contribution in [3.8, 4) is 11.3 Å². The first-order valence-corrected chi connectivity index (χ1v) is 11.3. The number of nitrogens with zero attached hydrogens (tertiary/aromatic N) is 3. The standard InChI is InChI=1S/C25H25ClN4O/c26-22-10-4-3-8-19(22)21-15-17-16-28-25(27-12-6-14-30-13-5-11-23(30)31)29-24(17)20-9-2-1-7-18(20)21/h1-4,7-10,16,21H,5-6,11-15H2,(H,27,28,29). The highest BCUT2D eigenvalue weighted by atomic mass is 35.5. The molecule has 3 aromatic rings. The number of carbonyl (C=O) groups excluding carboxylic acids is 1. The Balaban J connectivity index is 1.35. The molecule has 158 valence electrons. The first-order chi connectivity index (χ1) is 15.2. The molecule has 1 unspecified atom stereocenters. The van der Waals surface area contributed by atoms with Gasteiger partial charge in [-0.3, -0.25) is 4.79 Å². The predicted molar refractivity (Wildman–Crippen MR) is 123 cm³/mol. The van der Waals surface area contributed by atoms with Crippen molar-refractivity contribution in [2.75, 3.05) is 25.0 Å². The Labute approximate surface area is 187 Å². The van der Waals surface area contributed by atoms with Gasteiger partial charge in [0.1, 0.15) is 0 Å². The van der Waals surface area contributed by atoms with Crippen LogP contribution in [-0.2, 0) is 11.2 Å². The van der Waals surface area contributed by atoms with Crippen LogP contribution < -0.4 is 5.32 Å². The first kappa shape index (κ1) is 20.0. The van der Waals surface area contributed by atoms with Gasteiger partial charge in [0, 0.05) is 48.8 Å². The van der Waals surface area contributed by atoms with Crippen LogP contribution >= 0.6 is 11.6 Å². The van der Waals surface area contributed by atoms with Gasteiger partial charge < -0.3 is 10.2 Å². The maximum atomic E-state index is 11.7. The second kappa shape index (κ2) is 8.67. The molecule has 1 aliphatic heterocycles. The van der Waals surface area contributed by atoms with E-state index in [2.05, 4.69) is 40.6 Å². The number of aromatic nitrogens is 2. The van der Waals surface area contributed by atoms with Crippen molar-refractivity contribution in [2.45, 2.75) is 31.6 Å². The van der Waals surface area contributed by atoms with Crippen LogP contribution in [0.3, 0.4) is 0 Å². The van der Waals surface area contributed by atoms with Crippen LogP contribution in [0.15, 0.2) is 54.7 Å². The van der Waals surface area contributed by atoms with Crippen LogP contribution in [0.25, 0.3) is 11.3 Å².